The molecule has 2 heterocycles. The van der Waals surface area contributed by atoms with E-state index in [0.717, 1.165) is 6.29 Å². The van der Waals surface area contributed by atoms with Gasteiger partial charge in [0.05, 0.1) is 11.7 Å². The van der Waals surface area contributed by atoms with Crippen LogP contribution in [0.1, 0.15) is 54.3 Å². The molecule has 7 nitrogen and oxygen atoms in total. The van der Waals surface area contributed by atoms with E-state index in [2.05, 4.69) is 20.6 Å². The predicted molar refractivity (Wildman–Crippen MR) is 80.8 cm³/mol. The monoisotopic (exact) mass is 337 g/mol. The molecule has 1 amide bonds. The maximum atomic E-state index is 13.2. The van der Waals surface area contributed by atoms with Crippen LogP contribution >= 0.6 is 0 Å². The maximum absolute atomic E-state index is 13.2. The number of rotatable bonds is 5. The largest absolute Gasteiger partial charge is 0.318 e. The van der Waals surface area contributed by atoms with Crippen molar-refractivity contribution in [2.75, 3.05) is 5.32 Å². The average molecular weight is 337 g/mol. The van der Waals surface area contributed by atoms with Gasteiger partial charge < -0.3 is 10.1 Å². The van der Waals surface area contributed by atoms with Crippen molar-refractivity contribution in [2.45, 2.75) is 38.2 Å². The Kier molecular flexibility index (Phi) is 4.68. The lowest BCUT2D eigenvalue weighted by atomic mass is 9.87. The first-order valence-corrected chi connectivity index (χ1v) is 7.71. The molecule has 1 aliphatic carbocycles. The molecule has 0 spiro atoms. The standard InChI is InChI=1S/C15H17F2N5O2/c16-14(17)13-12(19-15(24)11-5-6-18-20-11)7-22(21-13)10-3-1-9(8-23)2-4-10/h5-10,14H,1-4H2,(H,18,20)(H,19,24). The Morgan fingerprint density at radius 2 is 2.12 bits per heavy atom. The van der Waals surface area contributed by atoms with Crippen molar-refractivity contribution >= 4 is 17.9 Å². The van der Waals surface area contributed by atoms with E-state index in [-0.39, 0.29) is 23.3 Å². The highest BCUT2D eigenvalue weighted by atomic mass is 19.3. The van der Waals surface area contributed by atoms with Crippen LogP contribution in [0.4, 0.5) is 14.5 Å². The van der Waals surface area contributed by atoms with Crippen molar-refractivity contribution in [1.29, 1.82) is 0 Å². The van der Waals surface area contributed by atoms with Gasteiger partial charge in [0.15, 0.2) is 5.69 Å². The van der Waals surface area contributed by atoms with Crippen LogP contribution in [0.15, 0.2) is 18.5 Å². The fraction of sp³-hybridized carbons (Fsp3) is 0.467. The molecule has 0 atom stereocenters. The molecule has 1 aliphatic rings. The van der Waals surface area contributed by atoms with Crippen LogP contribution in [0.25, 0.3) is 0 Å². The minimum atomic E-state index is -2.80. The molecule has 2 aromatic rings. The number of aldehydes is 1. The highest BCUT2D eigenvalue weighted by Crippen LogP contribution is 2.34. The van der Waals surface area contributed by atoms with E-state index in [0.29, 0.717) is 25.7 Å². The Labute approximate surface area is 136 Å². The molecule has 2 aromatic heterocycles. The van der Waals surface area contributed by atoms with Crippen molar-refractivity contribution in [3.05, 3.63) is 29.8 Å². The van der Waals surface area contributed by atoms with Gasteiger partial charge in [0, 0.05) is 18.3 Å². The smallest absolute Gasteiger partial charge is 0.284 e. The number of anilines is 1. The van der Waals surface area contributed by atoms with Crippen LogP contribution in [0.3, 0.4) is 0 Å². The van der Waals surface area contributed by atoms with E-state index in [1.807, 2.05) is 0 Å². The summed E-state index contributed by atoms with van der Waals surface area (Å²) in [5, 5.41) is 12.5. The summed E-state index contributed by atoms with van der Waals surface area (Å²) in [4.78, 5) is 22.8. The Balaban J connectivity index is 1.78. The number of hydrogen-bond donors (Lipinski definition) is 2. The maximum Gasteiger partial charge on any atom is 0.284 e. The van der Waals surface area contributed by atoms with Crippen LogP contribution < -0.4 is 5.32 Å². The highest BCUT2D eigenvalue weighted by Gasteiger charge is 2.26. The second-order valence-corrected chi connectivity index (χ2v) is 5.84. The number of nitrogens with zero attached hydrogens (tertiary/aromatic N) is 3. The van der Waals surface area contributed by atoms with Gasteiger partial charge in [0.25, 0.3) is 12.3 Å². The third kappa shape index (κ3) is 3.34. The molecule has 3 rings (SSSR count). The molecule has 1 saturated carbocycles. The Morgan fingerprint density at radius 1 is 1.38 bits per heavy atom. The molecule has 1 fully saturated rings. The van der Waals surface area contributed by atoms with Gasteiger partial charge in [-0.1, -0.05) is 0 Å². The van der Waals surface area contributed by atoms with Crippen molar-refractivity contribution in [2.24, 2.45) is 5.92 Å². The second-order valence-electron chi connectivity index (χ2n) is 5.84. The number of carbonyl (C=O) groups excluding carboxylic acids is 2. The summed E-state index contributed by atoms with van der Waals surface area (Å²) in [6, 6.07) is 1.40. The fourth-order valence-corrected chi connectivity index (χ4v) is 2.92. The third-order valence-electron chi connectivity index (χ3n) is 4.27. The zero-order valence-electron chi connectivity index (χ0n) is 12.8. The van der Waals surface area contributed by atoms with E-state index < -0.39 is 18.0 Å². The van der Waals surface area contributed by atoms with E-state index >= 15 is 0 Å². The number of aromatic amines is 1. The summed E-state index contributed by atoms with van der Waals surface area (Å²) >= 11 is 0. The minimum Gasteiger partial charge on any atom is -0.318 e. The van der Waals surface area contributed by atoms with Gasteiger partial charge in [-0.2, -0.15) is 10.2 Å². The van der Waals surface area contributed by atoms with Crippen LogP contribution in [-0.2, 0) is 4.79 Å². The number of aromatic nitrogens is 4. The first-order valence-electron chi connectivity index (χ1n) is 7.71. The molecule has 0 aromatic carbocycles. The SMILES string of the molecule is O=CC1CCC(n2cc(NC(=O)c3ccn[nH]3)c(C(F)F)n2)CC1. The topological polar surface area (TPSA) is 92.7 Å². The zero-order valence-corrected chi connectivity index (χ0v) is 12.8. The summed E-state index contributed by atoms with van der Waals surface area (Å²) in [5.74, 6) is -0.524. The quantitative estimate of drug-likeness (QED) is 0.821. The number of hydrogen-bond acceptors (Lipinski definition) is 4. The molecule has 0 unspecified atom stereocenters. The van der Waals surface area contributed by atoms with Crippen molar-refractivity contribution in [1.82, 2.24) is 20.0 Å². The Bertz CT molecular complexity index is 706. The van der Waals surface area contributed by atoms with Crippen molar-refractivity contribution < 1.29 is 18.4 Å². The molecular formula is C15H17F2N5O2. The highest BCUT2D eigenvalue weighted by molar-refractivity contribution is 6.03. The van der Waals surface area contributed by atoms with Crippen LogP contribution in [0.2, 0.25) is 0 Å². The number of alkyl halides is 2. The number of carbonyl (C=O) groups is 2. The summed E-state index contributed by atoms with van der Waals surface area (Å²) in [7, 11) is 0. The molecule has 9 heteroatoms. The first-order chi connectivity index (χ1) is 11.6. The van der Waals surface area contributed by atoms with Crippen molar-refractivity contribution in [3.63, 3.8) is 0 Å². The number of amides is 1. The van der Waals surface area contributed by atoms with Gasteiger partial charge in [-0.25, -0.2) is 8.78 Å². The summed E-state index contributed by atoms with van der Waals surface area (Å²) < 4.78 is 27.9. The van der Waals surface area contributed by atoms with Gasteiger partial charge in [-0.05, 0) is 31.7 Å². The first kappa shape index (κ1) is 16.3. The van der Waals surface area contributed by atoms with E-state index in [9.17, 15) is 18.4 Å². The molecule has 0 bridgehead atoms. The van der Waals surface area contributed by atoms with E-state index in [4.69, 9.17) is 0 Å². The number of H-pyrrole nitrogens is 1. The molecule has 0 radical (unpaired) electrons. The summed E-state index contributed by atoms with van der Waals surface area (Å²) in [6.45, 7) is 0. The van der Waals surface area contributed by atoms with Gasteiger partial charge in [-0.15, -0.1) is 0 Å². The average Bonchev–Trinajstić information content (AvgIpc) is 3.24. The van der Waals surface area contributed by atoms with E-state index in [1.165, 1.54) is 23.1 Å². The number of nitrogens with one attached hydrogen (secondary N) is 2. The lowest BCUT2D eigenvalue weighted by molar-refractivity contribution is -0.112. The summed E-state index contributed by atoms with van der Waals surface area (Å²) in [6.07, 6.45) is 3.81. The lowest BCUT2D eigenvalue weighted by Crippen LogP contribution is -2.19. The van der Waals surface area contributed by atoms with E-state index in [1.54, 1.807) is 0 Å². The van der Waals surface area contributed by atoms with Crippen molar-refractivity contribution in [3.8, 4) is 0 Å². The van der Waals surface area contributed by atoms with Crippen LogP contribution in [-0.4, -0.2) is 32.2 Å². The summed E-state index contributed by atoms with van der Waals surface area (Å²) in [5.41, 5.74) is -0.294. The predicted octanol–water partition coefficient (Wildman–Crippen LogP) is 2.73. The van der Waals surface area contributed by atoms with Gasteiger partial charge >= 0.3 is 0 Å². The molecule has 24 heavy (non-hydrogen) atoms. The minimum absolute atomic E-state index is 0.0119. The van der Waals surface area contributed by atoms with Crippen LogP contribution in [0.5, 0.6) is 0 Å². The fourth-order valence-electron chi connectivity index (χ4n) is 2.92. The molecular weight excluding hydrogens is 320 g/mol. The van der Waals surface area contributed by atoms with Gasteiger partial charge in [-0.3, -0.25) is 14.6 Å². The number of halogens is 2. The Hall–Kier alpha value is -2.58. The molecule has 0 saturated heterocycles. The molecule has 0 aliphatic heterocycles. The zero-order chi connectivity index (χ0) is 17.1. The van der Waals surface area contributed by atoms with Gasteiger partial charge in [0.1, 0.15) is 12.0 Å². The van der Waals surface area contributed by atoms with Crippen LogP contribution in [0, 0.1) is 5.92 Å². The Morgan fingerprint density at radius 3 is 2.71 bits per heavy atom. The third-order valence-corrected chi connectivity index (χ3v) is 4.27. The normalized spacial score (nSPS) is 21.0. The lowest BCUT2D eigenvalue weighted by Gasteiger charge is -2.25. The van der Waals surface area contributed by atoms with Gasteiger partial charge in [0.2, 0.25) is 0 Å². The molecule has 128 valence electrons. The second kappa shape index (κ2) is 6.90. The molecule has 2 N–H and O–H groups in total.